The summed E-state index contributed by atoms with van der Waals surface area (Å²) >= 11 is 9.08. The van der Waals surface area contributed by atoms with Gasteiger partial charge in [0.25, 0.3) is 5.91 Å². The van der Waals surface area contributed by atoms with Crippen LogP contribution in [0.1, 0.15) is 20.9 Å². The van der Waals surface area contributed by atoms with Crippen LogP contribution in [-0.2, 0) is 6.54 Å². The van der Waals surface area contributed by atoms with Gasteiger partial charge in [0.2, 0.25) is 0 Å². The molecular formula is C21H22ClN3O2S2. The van der Waals surface area contributed by atoms with Crippen LogP contribution < -0.4 is 10.2 Å². The number of hydrogen-bond donors (Lipinski definition) is 1. The van der Waals surface area contributed by atoms with Crippen LogP contribution in [0.3, 0.4) is 0 Å². The molecular weight excluding hydrogens is 426 g/mol. The summed E-state index contributed by atoms with van der Waals surface area (Å²) in [5.41, 5.74) is 5.54. The number of carbonyl (C=O) groups excluding carboxylic acids is 1. The molecule has 0 saturated carbocycles. The first-order chi connectivity index (χ1) is 13.9. The maximum absolute atomic E-state index is 12.8. The van der Waals surface area contributed by atoms with Gasteiger partial charge in [-0.1, -0.05) is 23.7 Å². The molecule has 0 radical (unpaired) electrons. The van der Waals surface area contributed by atoms with Crippen molar-refractivity contribution in [2.45, 2.75) is 18.4 Å². The van der Waals surface area contributed by atoms with E-state index in [1.807, 2.05) is 26.3 Å². The average Bonchev–Trinajstić information content (AvgIpc) is 3.09. The van der Waals surface area contributed by atoms with Crippen molar-refractivity contribution in [3.63, 3.8) is 0 Å². The van der Waals surface area contributed by atoms with E-state index in [1.54, 1.807) is 36.0 Å². The van der Waals surface area contributed by atoms with E-state index < -0.39 is 0 Å². The summed E-state index contributed by atoms with van der Waals surface area (Å²) in [5, 5.41) is 3.08. The van der Waals surface area contributed by atoms with E-state index in [1.165, 1.54) is 16.2 Å². The van der Waals surface area contributed by atoms with Crippen molar-refractivity contribution in [2.75, 3.05) is 20.4 Å². The highest BCUT2D eigenvalue weighted by Crippen LogP contribution is 2.36. The normalized spacial score (nSPS) is 11.0. The molecule has 29 heavy (non-hydrogen) atoms. The van der Waals surface area contributed by atoms with Crippen LogP contribution in [0.4, 0.5) is 0 Å². The second kappa shape index (κ2) is 9.63. The van der Waals surface area contributed by atoms with Gasteiger partial charge in [-0.25, -0.2) is 9.99 Å². The highest BCUT2D eigenvalue weighted by Gasteiger charge is 2.19. The van der Waals surface area contributed by atoms with Gasteiger partial charge < -0.3 is 4.74 Å². The Hall–Kier alpha value is -2.06. The largest absolute Gasteiger partial charge is 0.496 e. The Kier molecular flexibility index (Phi) is 7.18. The van der Waals surface area contributed by atoms with Crippen LogP contribution in [0.15, 0.2) is 47.4 Å². The second-order valence-corrected chi connectivity index (χ2v) is 8.74. The number of thiazole rings is 1. The average molecular weight is 448 g/mol. The Morgan fingerprint density at radius 3 is 2.66 bits per heavy atom. The summed E-state index contributed by atoms with van der Waals surface area (Å²) < 4.78 is 5.41. The minimum atomic E-state index is -0.178. The van der Waals surface area contributed by atoms with Gasteiger partial charge >= 0.3 is 0 Å². The first-order valence-electron chi connectivity index (χ1n) is 8.87. The van der Waals surface area contributed by atoms with E-state index in [0.717, 1.165) is 16.1 Å². The lowest BCUT2D eigenvalue weighted by molar-refractivity contribution is 0.0823. The van der Waals surface area contributed by atoms with E-state index in [-0.39, 0.29) is 5.91 Å². The number of methoxy groups -OCH3 is 1. The van der Waals surface area contributed by atoms with Gasteiger partial charge in [-0.3, -0.25) is 10.2 Å². The minimum Gasteiger partial charge on any atom is -0.496 e. The molecule has 0 aliphatic heterocycles. The molecule has 2 aromatic carbocycles. The van der Waals surface area contributed by atoms with Gasteiger partial charge in [-0.05, 0) is 49.1 Å². The van der Waals surface area contributed by atoms with Crippen molar-refractivity contribution < 1.29 is 9.53 Å². The molecule has 0 saturated heterocycles. The van der Waals surface area contributed by atoms with Crippen LogP contribution in [0.2, 0.25) is 5.02 Å². The van der Waals surface area contributed by atoms with E-state index in [0.29, 0.717) is 27.9 Å². The molecule has 3 rings (SSSR count). The fourth-order valence-electron chi connectivity index (χ4n) is 2.83. The SMILES string of the molecule is COc1cc(Cl)ccc1-c1nc(C)c(C(=O)NN(C)Cc2ccc(SC)cc2)s1. The summed E-state index contributed by atoms with van der Waals surface area (Å²) in [5.74, 6) is 0.450. The maximum atomic E-state index is 12.8. The number of halogens is 1. The first kappa shape index (κ1) is 21.6. The quantitative estimate of drug-likeness (QED) is 0.394. The van der Waals surface area contributed by atoms with Crippen LogP contribution in [0.25, 0.3) is 10.6 Å². The third-order valence-electron chi connectivity index (χ3n) is 4.27. The summed E-state index contributed by atoms with van der Waals surface area (Å²) in [6.07, 6.45) is 2.05. The number of ether oxygens (including phenoxy) is 1. The number of thioether (sulfide) groups is 1. The van der Waals surface area contributed by atoms with E-state index in [9.17, 15) is 4.79 Å². The van der Waals surface area contributed by atoms with Crippen molar-refractivity contribution in [1.29, 1.82) is 0 Å². The molecule has 3 aromatic rings. The molecule has 152 valence electrons. The molecule has 0 spiro atoms. The Balaban J connectivity index is 1.73. The maximum Gasteiger partial charge on any atom is 0.277 e. The van der Waals surface area contributed by atoms with E-state index in [2.05, 4.69) is 34.7 Å². The topological polar surface area (TPSA) is 54.5 Å². The molecule has 0 aliphatic rings. The summed E-state index contributed by atoms with van der Waals surface area (Å²) in [6, 6.07) is 13.7. The van der Waals surface area contributed by atoms with E-state index >= 15 is 0 Å². The monoisotopic (exact) mass is 447 g/mol. The number of nitrogens with one attached hydrogen (secondary N) is 1. The highest BCUT2D eigenvalue weighted by molar-refractivity contribution is 7.98. The predicted octanol–water partition coefficient (Wildman–Crippen LogP) is 5.28. The van der Waals surface area contributed by atoms with Gasteiger partial charge in [-0.2, -0.15) is 0 Å². The third kappa shape index (κ3) is 5.30. The van der Waals surface area contributed by atoms with Gasteiger partial charge in [-0.15, -0.1) is 23.1 Å². The Labute approximate surface area is 184 Å². The van der Waals surface area contributed by atoms with Gasteiger partial charge in [0.05, 0.1) is 18.4 Å². The predicted molar refractivity (Wildman–Crippen MR) is 121 cm³/mol. The first-order valence-corrected chi connectivity index (χ1v) is 11.3. The number of nitrogens with zero attached hydrogens (tertiary/aromatic N) is 2. The van der Waals surface area contributed by atoms with Crippen molar-refractivity contribution in [1.82, 2.24) is 15.4 Å². The molecule has 1 heterocycles. The number of hydrazine groups is 1. The molecule has 0 fully saturated rings. The fraction of sp³-hybridized carbons (Fsp3) is 0.238. The summed E-state index contributed by atoms with van der Waals surface area (Å²) in [4.78, 5) is 19.1. The number of hydrogen-bond acceptors (Lipinski definition) is 6. The van der Waals surface area contributed by atoms with Crippen molar-refractivity contribution in [3.05, 3.63) is 63.6 Å². The molecule has 0 bridgehead atoms. The number of carbonyl (C=O) groups is 1. The molecule has 5 nitrogen and oxygen atoms in total. The molecule has 1 aromatic heterocycles. The van der Waals surface area contributed by atoms with Crippen LogP contribution >= 0.6 is 34.7 Å². The zero-order valence-electron chi connectivity index (χ0n) is 16.7. The summed E-state index contributed by atoms with van der Waals surface area (Å²) in [7, 11) is 3.43. The highest BCUT2D eigenvalue weighted by atomic mass is 35.5. The third-order valence-corrected chi connectivity index (χ3v) is 6.44. The van der Waals surface area contributed by atoms with Gasteiger partial charge in [0, 0.05) is 23.5 Å². The van der Waals surface area contributed by atoms with Crippen LogP contribution in [0.5, 0.6) is 5.75 Å². The molecule has 0 unspecified atom stereocenters. The smallest absolute Gasteiger partial charge is 0.277 e. The molecule has 0 atom stereocenters. The molecule has 8 heteroatoms. The zero-order chi connectivity index (χ0) is 21.0. The molecule has 1 amide bonds. The van der Waals surface area contributed by atoms with Gasteiger partial charge in [0.1, 0.15) is 15.6 Å². The lowest BCUT2D eigenvalue weighted by atomic mass is 10.2. The second-order valence-electron chi connectivity index (χ2n) is 6.42. The zero-order valence-corrected chi connectivity index (χ0v) is 19.0. The Bertz CT molecular complexity index is 1010. The molecule has 1 N–H and O–H groups in total. The van der Waals surface area contributed by atoms with Crippen molar-refractivity contribution >= 4 is 40.6 Å². The van der Waals surface area contributed by atoms with Crippen LogP contribution in [-0.4, -0.2) is 36.3 Å². The number of aromatic nitrogens is 1. The number of rotatable bonds is 7. The molecule has 0 aliphatic carbocycles. The Morgan fingerprint density at radius 2 is 2.00 bits per heavy atom. The minimum absolute atomic E-state index is 0.178. The number of benzene rings is 2. The number of aryl methyl sites for hydroxylation is 1. The number of amides is 1. The lowest BCUT2D eigenvalue weighted by Crippen LogP contribution is -2.38. The van der Waals surface area contributed by atoms with Gasteiger partial charge in [0.15, 0.2) is 0 Å². The standard InChI is InChI=1S/C21H22ClN3O2S2/c1-13-19(29-21(23-13)17-10-7-15(22)11-18(17)27-3)20(26)24-25(2)12-14-5-8-16(28-4)9-6-14/h5-11H,12H2,1-4H3,(H,24,26). The van der Waals surface area contributed by atoms with Crippen molar-refractivity contribution in [3.8, 4) is 16.3 Å². The van der Waals surface area contributed by atoms with Crippen molar-refractivity contribution in [2.24, 2.45) is 0 Å². The Morgan fingerprint density at radius 1 is 1.28 bits per heavy atom. The van der Waals surface area contributed by atoms with E-state index in [4.69, 9.17) is 16.3 Å². The lowest BCUT2D eigenvalue weighted by Gasteiger charge is -2.18. The van der Waals surface area contributed by atoms with Crippen LogP contribution in [0, 0.1) is 6.92 Å². The summed E-state index contributed by atoms with van der Waals surface area (Å²) in [6.45, 7) is 2.44. The fourth-order valence-corrected chi connectivity index (χ4v) is 4.39.